The lowest BCUT2D eigenvalue weighted by molar-refractivity contribution is -0.384. The van der Waals surface area contributed by atoms with E-state index in [1.54, 1.807) is 18.2 Å². The topological polar surface area (TPSA) is 108 Å². The van der Waals surface area contributed by atoms with Gasteiger partial charge in [0.1, 0.15) is 11.5 Å². The Bertz CT molecular complexity index is 824. The molecule has 0 unspecified atom stereocenters. The molecule has 0 bridgehead atoms. The summed E-state index contributed by atoms with van der Waals surface area (Å²) in [6.45, 7) is -0.381. The number of ether oxygens (including phenoxy) is 2. The number of benzene rings is 2. The minimum atomic E-state index is -0.580. The van der Waals surface area contributed by atoms with Crippen LogP contribution in [0.15, 0.2) is 40.9 Å². The summed E-state index contributed by atoms with van der Waals surface area (Å²) in [7, 11) is 1.38. The van der Waals surface area contributed by atoms with Gasteiger partial charge in [0, 0.05) is 16.6 Å². The number of hydrogen-bond acceptors (Lipinski definition) is 6. The average Bonchev–Trinajstić information content (AvgIpc) is 2.60. The number of aldehydes is 1. The Morgan fingerprint density at radius 3 is 2.64 bits per heavy atom. The first kappa shape index (κ1) is 18.4. The molecule has 0 spiro atoms. The van der Waals surface area contributed by atoms with Gasteiger partial charge in [-0.05, 0) is 24.3 Å². The molecular weight excluding hydrogens is 396 g/mol. The van der Waals surface area contributed by atoms with Gasteiger partial charge in [0.25, 0.3) is 11.6 Å². The molecule has 0 aliphatic carbocycles. The third-order valence-corrected chi connectivity index (χ3v) is 3.62. The fourth-order valence-corrected chi connectivity index (χ4v) is 2.36. The first-order valence-electron chi connectivity index (χ1n) is 6.94. The number of hydrogen-bond donors (Lipinski definition) is 1. The number of methoxy groups -OCH3 is 1. The number of nitrogens with one attached hydrogen (secondary N) is 1. The zero-order chi connectivity index (χ0) is 18.4. The zero-order valence-corrected chi connectivity index (χ0v) is 14.6. The van der Waals surface area contributed by atoms with Gasteiger partial charge in [0.15, 0.2) is 12.9 Å². The normalized spacial score (nSPS) is 10.0. The fourth-order valence-electron chi connectivity index (χ4n) is 1.98. The molecule has 130 valence electrons. The fraction of sp³-hybridized carbons (Fsp3) is 0.125. The lowest BCUT2D eigenvalue weighted by Gasteiger charge is -2.11. The summed E-state index contributed by atoms with van der Waals surface area (Å²) in [6.07, 6.45) is 0.613. The molecule has 0 aromatic heterocycles. The Morgan fingerprint density at radius 2 is 2.00 bits per heavy atom. The second kappa shape index (κ2) is 8.25. The molecule has 0 saturated heterocycles. The molecule has 0 saturated carbocycles. The number of amides is 1. The van der Waals surface area contributed by atoms with Gasteiger partial charge in [-0.2, -0.15) is 0 Å². The third kappa shape index (κ3) is 4.77. The number of non-ortho nitro benzene ring substituents is 1. The van der Waals surface area contributed by atoms with E-state index < -0.39 is 10.8 Å². The van der Waals surface area contributed by atoms with Crippen LogP contribution in [-0.4, -0.2) is 30.8 Å². The highest BCUT2D eigenvalue weighted by molar-refractivity contribution is 9.10. The van der Waals surface area contributed by atoms with E-state index in [4.69, 9.17) is 9.47 Å². The van der Waals surface area contributed by atoms with Crippen LogP contribution < -0.4 is 14.8 Å². The van der Waals surface area contributed by atoms with Gasteiger partial charge in [0.2, 0.25) is 0 Å². The summed E-state index contributed by atoms with van der Waals surface area (Å²) in [5.41, 5.74) is 0.250. The van der Waals surface area contributed by atoms with Crippen molar-refractivity contribution in [3.63, 3.8) is 0 Å². The van der Waals surface area contributed by atoms with Gasteiger partial charge < -0.3 is 14.8 Å². The van der Waals surface area contributed by atoms with Crippen LogP contribution in [-0.2, 0) is 4.79 Å². The van der Waals surface area contributed by atoms with Crippen LogP contribution in [0.25, 0.3) is 0 Å². The Labute approximate surface area is 151 Å². The smallest absolute Gasteiger partial charge is 0.271 e. The number of halogens is 1. The monoisotopic (exact) mass is 408 g/mol. The van der Waals surface area contributed by atoms with Crippen molar-refractivity contribution in [1.82, 2.24) is 0 Å². The van der Waals surface area contributed by atoms with Crippen molar-refractivity contribution in [3.8, 4) is 11.5 Å². The summed E-state index contributed by atoms with van der Waals surface area (Å²) >= 11 is 3.23. The van der Waals surface area contributed by atoms with E-state index in [1.165, 1.54) is 25.3 Å². The number of nitro benzene ring substituents is 1. The van der Waals surface area contributed by atoms with E-state index >= 15 is 0 Å². The predicted molar refractivity (Wildman–Crippen MR) is 93.3 cm³/mol. The molecule has 0 atom stereocenters. The van der Waals surface area contributed by atoms with E-state index in [-0.39, 0.29) is 35.0 Å². The van der Waals surface area contributed by atoms with Crippen molar-refractivity contribution in [1.29, 1.82) is 0 Å². The van der Waals surface area contributed by atoms with Crippen LogP contribution >= 0.6 is 15.9 Å². The Kier molecular flexibility index (Phi) is 6.07. The summed E-state index contributed by atoms with van der Waals surface area (Å²) in [4.78, 5) is 33.3. The van der Waals surface area contributed by atoms with E-state index in [1.807, 2.05) is 0 Å². The standard InChI is InChI=1S/C16H13BrN2O6/c1-24-15-5-3-12(19(22)23)7-13(15)18-16(21)9-25-14-4-2-11(17)6-10(14)8-20/h2-8H,9H2,1H3,(H,18,21). The maximum Gasteiger partial charge on any atom is 0.271 e. The van der Waals surface area contributed by atoms with E-state index in [0.29, 0.717) is 10.8 Å². The molecule has 8 nitrogen and oxygen atoms in total. The zero-order valence-electron chi connectivity index (χ0n) is 13.0. The number of anilines is 1. The minimum absolute atomic E-state index is 0.150. The molecule has 2 rings (SSSR count). The second-order valence-electron chi connectivity index (χ2n) is 4.78. The number of carbonyl (C=O) groups is 2. The number of nitro groups is 1. The van der Waals surface area contributed by atoms with Crippen molar-refractivity contribution in [2.75, 3.05) is 19.0 Å². The van der Waals surface area contributed by atoms with Gasteiger partial charge in [-0.1, -0.05) is 15.9 Å². The number of carbonyl (C=O) groups excluding carboxylic acids is 2. The third-order valence-electron chi connectivity index (χ3n) is 3.13. The highest BCUT2D eigenvalue weighted by atomic mass is 79.9. The van der Waals surface area contributed by atoms with Crippen molar-refractivity contribution in [3.05, 3.63) is 56.5 Å². The molecule has 1 N–H and O–H groups in total. The van der Waals surface area contributed by atoms with Crippen LogP contribution in [0, 0.1) is 10.1 Å². The first-order chi connectivity index (χ1) is 11.9. The van der Waals surface area contributed by atoms with E-state index in [2.05, 4.69) is 21.2 Å². The predicted octanol–water partition coefficient (Wildman–Crippen LogP) is 3.20. The van der Waals surface area contributed by atoms with E-state index in [9.17, 15) is 19.7 Å². The van der Waals surface area contributed by atoms with E-state index in [0.717, 1.165) is 0 Å². The van der Waals surface area contributed by atoms with Crippen LogP contribution in [0.2, 0.25) is 0 Å². The van der Waals surface area contributed by atoms with Crippen LogP contribution in [0.4, 0.5) is 11.4 Å². The minimum Gasteiger partial charge on any atom is -0.495 e. The molecule has 0 aliphatic rings. The molecule has 2 aromatic carbocycles. The first-order valence-corrected chi connectivity index (χ1v) is 7.73. The van der Waals surface area contributed by atoms with Gasteiger partial charge >= 0.3 is 0 Å². The largest absolute Gasteiger partial charge is 0.495 e. The van der Waals surface area contributed by atoms with Crippen molar-refractivity contribution >= 4 is 39.5 Å². The van der Waals surface area contributed by atoms with Crippen LogP contribution in [0.3, 0.4) is 0 Å². The molecule has 1 amide bonds. The van der Waals surface area contributed by atoms with Gasteiger partial charge in [-0.15, -0.1) is 0 Å². The maximum atomic E-state index is 12.0. The molecular formula is C16H13BrN2O6. The number of rotatable bonds is 7. The molecule has 0 radical (unpaired) electrons. The molecule has 9 heteroatoms. The lowest BCUT2D eigenvalue weighted by Crippen LogP contribution is -2.21. The van der Waals surface area contributed by atoms with Gasteiger partial charge in [0.05, 0.1) is 23.3 Å². The summed E-state index contributed by atoms with van der Waals surface area (Å²) in [6, 6.07) is 8.62. The molecule has 0 fully saturated rings. The maximum absolute atomic E-state index is 12.0. The van der Waals surface area contributed by atoms with Crippen molar-refractivity contribution < 1.29 is 24.0 Å². The Balaban J connectivity index is 2.09. The summed E-state index contributed by atoms with van der Waals surface area (Å²) in [5.74, 6) is -0.0332. The summed E-state index contributed by atoms with van der Waals surface area (Å²) < 4.78 is 11.1. The van der Waals surface area contributed by atoms with Crippen LogP contribution in [0.5, 0.6) is 11.5 Å². The highest BCUT2D eigenvalue weighted by Crippen LogP contribution is 2.29. The van der Waals surface area contributed by atoms with Crippen molar-refractivity contribution in [2.45, 2.75) is 0 Å². The second-order valence-corrected chi connectivity index (χ2v) is 5.69. The quantitative estimate of drug-likeness (QED) is 0.428. The molecule has 2 aromatic rings. The molecule has 25 heavy (non-hydrogen) atoms. The SMILES string of the molecule is COc1ccc([N+](=O)[O-])cc1NC(=O)COc1ccc(Br)cc1C=O. The number of nitrogens with zero attached hydrogens (tertiary/aromatic N) is 1. The lowest BCUT2D eigenvalue weighted by atomic mass is 10.2. The highest BCUT2D eigenvalue weighted by Gasteiger charge is 2.14. The molecule has 0 aliphatic heterocycles. The Morgan fingerprint density at radius 1 is 1.28 bits per heavy atom. The average molecular weight is 409 g/mol. The molecule has 0 heterocycles. The van der Waals surface area contributed by atoms with Crippen molar-refractivity contribution in [2.24, 2.45) is 0 Å². The summed E-state index contributed by atoms with van der Waals surface area (Å²) in [5, 5.41) is 13.3. The Hall–Kier alpha value is -2.94. The van der Waals surface area contributed by atoms with Gasteiger partial charge in [-0.3, -0.25) is 19.7 Å². The van der Waals surface area contributed by atoms with Crippen LogP contribution in [0.1, 0.15) is 10.4 Å². The van der Waals surface area contributed by atoms with Gasteiger partial charge in [-0.25, -0.2) is 0 Å².